The number of nitrogens with one attached hydrogen (secondary N) is 1. The molecule has 0 radical (unpaired) electrons. The zero-order valence-corrected chi connectivity index (χ0v) is 14.0. The molecule has 2 rings (SSSR count). The molecule has 2 N–H and O–H groups in total. The van der Waals surface area contributed by atoms with E-state index < -0.39 is 12.6 Å². The zero-order chi connectivity index (χ0) is 16.1. The lowest BCUT2D eigenvalue weighted by Gasteiger charge is -2.06. The number of hydrogen-bond acceptors (Lipinski definition) is 5. The van der Waals surface area contributed by atoms with Crippen LogP contribution in [0.5, 0.6) is 5.75 Å². The topological polar surface area (TPSA) is 92.5 Å². The normalized spacial score (nSPS) is 11.0. The molecule has 0 spiro atoms. The number of aliphatic carboxylic acids is 1. The molecule has 0 fully saturated rings. The number of aryl methyl sites for hydroxylation is 1. The summed E-state index contributed by atoms with van der Waals surface area (Å²) in [5, 5.41) is 19.6. The Bertz CT molecular complexity index is 769. The summed E-state index contributed by atoms with van der Waals surface area (Å²) in [5.74, 6) is 0.161. The number of nitrogens with zero attached hydrogens (tertiary/aromatic N) is 3. The Kier molecular flexibility index (Phi) is 5.45. The van der Waals surface area contributed by atoms with E-state index in [0.717, 1.165) is 11.4 Å². The minimum absolute atomic E-state index is 0.393. The van der Waals surface area contributed by atoms with Crippen LogP contribution in [0.1, 0.15) is 18.3 Å². The van der Waals surface area contributed by atoms with Gasteiger partial charge in [0.25, 0.3) is 0 Å². The van der Waals surface area contributed by atoms with Gasteiger partial charge in [0.2, 0.25) is 4.77 Å². The van der Waals surface area contributed by atoms with Crippen LogP contribution in [-0.2, 0) is 11.2 Å². The fourth-order valence-corrected chi connectivity index (χ4v) is 2.36. The predicted molar refractivity (Wildman–Crippen MR) is 87.1 cm³/mol. The van der Waals surface area contributed by atoms with Gasteiger partial charge in [-0.2, -0.15) is 14.9 Å². The average molecular weight is 385 g/mol. The van der Waals surface area contributed by atoms with Gasteiger partial charge in [-0.1, -0.05) is 6.92 Å². The highest BCUT2D eigenvalue weighted by molar-refractivity contribution is 9.10. The van der Waals surface area contributed by atoms with Crippen molar-refractivity contribution in [1.29, 1.82) is 0 Å². The molecule has 0 saturated heterocycles. The van der Waals surface area contributed by atoms with E-state index in [4.69, 9.17) is 22.1 Å². The number of halogens is 1. The Morgan fingerprint density at radius 1 is 1.64 bits per heavy atom. The molecular formula is C13H13BrN4O3S. The van der Waals surface area contributed by atoms with Crippen molar-refractivity contribution in [3.63, 3.8) is 0 Å². The number of H-pyrrole nitrogens is 1. The fraction of sp³-hybridized carbons (Fsp3) is 0.231. The molecule has 0 amide bonds. The van der Waals surface area contributed by atoms with E-state index in [9.17, 15) is 4.79 Å². The molecule has 0 unspecified atom stereocenters. The van der Waals surface area contributed by atoms with E-state index in [1.807, 2.05) is 6.92 Å². The molecule has 7 nitrogen and oxygen atoms in total. The third-order valence-corrected chi connectivity index (χ3v) is 3.55. The first-order chi connectivity index (χ1) is 10.5. The van der Waals surface area contributed by atoms with Crippen molar-refractivity contribution in [2.45, 2.75) is 13.3 Å². The van der Waals surface area contributed by atoms with Gasteiger partial charge in [-0.05, 0) is 51.9 Å². The van der Waals surface area contributed by atoms with E-state index in [-0.39, 0.29) is 0 Å². The van der Waals surface area contributed by atoms with Crippen molar-refractivity contribution in [2.24, 2.45) is 5.10 Å². The van der Waals surface area contributed by atoms with Gasteiger partial charge in [0.1, 0.15) is 5.75 Å². The molecule has 1 heterocycles. The van der Waals surface area contributed by atoms with Crippen molar-refractivity contribution in [3.05, 3.63) is 38.8 Å². The summed E-state index contributed by atoms with van der Waals surface area (Å²) in [5.41, 5.74) is 0.805. The molecule has 9 heteroatoms. The maximum absolute atomic E-state index is 10.5. The van der Waals surface area contributed by atoms with Gasteiger partial charge in [-0.15, -0.1) is 0 Å². The molecule has 0 aliphatic heterocycles. The third-order valence-electron chi connectivity index (χ3n) is 2.66. The number of carboxylic acid groups (broad SMARTS) is 1. The Balaban J connectivity index is 2.18. The van der Waals surface area contributed by atoms with E-state index in [1.165, 1.54) is 0 Å². The lowest BCUT2D eigenvalue weighted by molar-refractivity contribution is -0.139. The van der Waals surface area contributed by atoms with Crippen molar-refractivity contribution >= 4 is 40.3 Å². The quantitative estimate of drug-likeness (QED) is 0.589. The summed E-state index contributed by atoms with van der Waals surface area (Å²) in [7, 11) is 0. The molecule has 0 saturated carbocycles. The summed E-state index contributed by atoms with van der Waals surface area (Å²) in [6, 6.07) is 5.21. The minimum atomic E-state index is -1.03. The van der Waals surface area contributed by atoms with Crippen LogP contribution in [0.2, 0.25) is 0 Å². The first kappa shape index (κ1) is 16.4. The van der Waals surface area contributed by atoms with Crippen LogP contribution in [0, 0.1) is 4.77 Å². The molecule has 0 aliphatic rings. The number of ether oxygens (including phenoxy) is 1. The molecule has 116 valence electrons. The summed E-state index contributed by atoms with van der Waals surface area (Å²) in [6.45, 7) is 1.57. The fourth-order valence-electron chi connectivity index (χ4n) is 1.65. The predicted octanol–water partition coefficient (Wildman–Crippen LogP) is 2.61. The van der Waals surface area contributed by atoms with Gasteiger partial charge >= 0.3 is 5.97 Å². The number of rotatable bonds is 6. The number of benzene rings is 1. The number of aromatic amines is 1. The second kappa shape index (κ2) is 7.32. The van der Waals surface area contributed by atoms with Gasteiger partial charge < -0.3 is 9.84 Å². The number of carbonyl (C=O) groups is 1. The Labute approximate surface area is 139 Å². The van der Waals surface area contributed by atoms with E-state index in [2.05, 4.69) is 31.2 Å². The van der Waals surface area contributed by atoms with Crippen LogP contribution < -0.4 is 4.74 Å². The molecule has 2 aromatic rings. The number of hydrogen-bond donors (Lipinski definition) is 2. The monoisotopic (exact) mass is 384 g/mol. The molecule has 0 atom stereocenters. The lowest BCUT2D eigenvalue weighted by atomic mass is 10.2. The standard InChI is InChI=1S/C13H13BrN4O3S/c1-2-11-16-17-13(22)18(11)15-6-8-3-4-10(9(14)5-8)21-7-12(19)20/h3-6H,2,7H2,1H3,(H,17,22)(H,19,20)/b15-6-. The van der Waals surface area contributed by atoms with Crippen LogP contribution in [0.25, 0.3) is 0 Å². The van der Waals surface area contributed by atoms with Gasteiger partial charge in [-0.3, -0.25) is 5.10 Å². The molecule has 22 heavy (non-hydrogen) atoms. The average Bonchev–Trinajstić information content (AvgIpc) is 2.84. The minimum Gasteiger partial charge on any atom is -0.481 e. The van der Waals surface area contributed by atoms with Crippen LogP contribution in [-0.4, -0.2) is 38.8 Å². The smallest absolute Gasteiger partial charge is 0.341 e. The summed E-state index contributed by atoms with van der Waals surface area (Å²) < 4.78 is 7.75. The highest BCUT2D eigenvalue weighted by Crippen LogP contribution is 2.25. The first-order valence-electron chi connectivity index (χ1n) is 6.36. The van der Waals surface area contributed by atoms with Crippen molar-refractivity contribution in [2.75, 3.05) is 6.61 Å². The number of aromatic nitrogens is 3. The summed E-state index contributed by atoms with van der Waals surface area (Å²) >= 11 is 8.44. The Hall–Kier alpha value is -2.00. The van der Waals surface area contributed by atoms with E-state index in [1.54, 1.807) is 29.1 Å². The van der Waals surface area contributed by atoms with Gasteiger partial charge in [0, 0.05) is 6.42 Å². The lowest BCUT2D eigenvalue weighted by Crippen LogP contribution is -2.09. The zero-order valence-electron chi connectivity index (χ0n) is 11.6. The van der Waals surface area contributed by atoms with Crippen LogP contribution >= 0.6 is 28.1 Å². The second-order valence-electron chi connectivity index (χ2n) is 4.23. The highest BCUT2D eigenvalue weighted by atomic mass is 79.9. The SMILES string of the molecule is CCc1n[nH]c(=S)n1/N=C\c1ccc(OCC(=O)O)c(Br)c1. The molecule has 1 aromatic carbocycles. The van der Waals surface area contributed by atoms with Crippen molar-refractivity contribution < 1.29 is 14.6 Å². The molecule has 0 bridgehead atoms. The third kappa shape index (κ3) is 4.01. The maximum atomic E-state index is 10.5. The first-order valence-corrected chi connectivity index (χ1v) is 7.56. The van der Waals surface area contributed by atoms with Crippen molar-refractivity contribution in [3.8, 4) is 5.75 Å². The van der Waals surface area contributed by atoms with Crippen molar-refractivity contribution in [1.82, 2.24) is 14.9 Å². The van der Waals surface area contributed by atoms with Crippen LogP contribution in [0.4, 0.5) is 0 Å². The summed E-state index contributed by atoms with van der Waals surface area (Å²) in [4.78, 5) is 10.5. The largest absolute Gasteiger partial charge is 0.481 e. The van der Waals surface area contributed by atoms with E-state index in [0.29, 0.717) is 21.4 Å². The highest BCUT2D eigenvalue weighted by Gasteiger charge is 2.05. The van der Waals surface area contributed by atoms with Crippen LogP contribution in [0.3, 0.4) is 0 Å². The van der Waals surface area contributed by atoms with Crippen LogP contribution in [0.15, 0.2) is 27.8 Å². The summed E-state index contributed by atoms with van der Waals surface area (Å²) in [6.07, 6.45) is 2.34. The van der Waals surface area contributed by atoms with Gasteiger partial charge in [-0.25, -0.2) is 4.79 Å². The Morgan fingerprint density at radius 2 is 2.41 bits per heavy atom. The second-order valence-corrected chi connectivity index (χ2v) is 5.47. The molecule has 1 aromatic heterocycles. The van der Waals surface area contributed by atoms with E-state index >= 15 is 0 Å². The van der Waals surface area contributed by atoms with Gasteiger partial charge in [0.15, 0.2) is 12.4 Å². The van der Waals surface area contributed by atoms with Gasteiger partial charge in [0.05, 0.1) is 10.7 Å². The molecular weight excluding hydrogens is 372 g/mol. The maximum Gasteiger partial charge on any atom is 0.341 e. The molecule has 0 aliphatic carbocycles. The number of carboxylic acids is 1. The Morgan fingerprint density at radius 3 is 3.05 bits per heavy atom.